The highest BCUT2D eigenvalue weighted by Gasteiger charge is 2.36. The van der Waals surface area contributed by atoms with Crippen LogP contribution in [0.5, 0.6) is 0 Å². The van der Waals surface area contributed by atoms with E-state index in [1.807, 2.05) is 6.92 Å². The number of anilines is 1. The number of aryl methyl sites for hydroxylation is 1. The first-order chi connectivity index (χ1) is 9.05. The van der Waals surface area contributed by atoms with Crippen molar-refractivity contribution in [1.82, 2.24) is 4.98 Å². The topological polar surface area (TPSA) is 42.4 Å². The molecule has 1 saturated heterocycles. The molecule has 1 fully saturated rings. The van der Waals surface area contributed by atoms with Crippen LogP contribution in [0.4, 0.5) is 5.13 Å². The van der Waals surface area contributed by atoms with Crippen LogP contribution in [0.25, 0.3) is 0 Å². The van der Waals surface area contributed by atoms with Crippen LogP contribution in [-0.2, 0) is 4.74 Å². The molecular formula is C14H22N2O2S. The van der Waals surface area contributed by atoms with Crippen molar-refractivity contribution in [3.05, 3.63) is 10.6 Å². The molecule has 0 N–H and O–H groups in total. The van der Waals surface area contributed by atoms with Crippen LogP contribution in [0.2, 0.25) is 0 Å². The molecule has 0 aliphatic carbocycles. The van der Waals surface area contributed by atoms with Gasteiger partial charge in [0.05, 0.1) is 12.8 Å². The summed E-state index contributed by atoms with van der Waals surface area (Å²) in [4.78, 5) is 19.1. The van der Waals surface area contributed by atoms with Crippen molar-refractivity contribution in [3.63, 3.8) is 0 Å². The zero-order valence-corrected chi connectivity index (χ0v) is 13.0. The lowest BCUT2D eigenvalue weighted by molar-refractivity contribution is 0.0605. The zero-order valence-electron chi connectivity index (χ0n) is 12.2. The fraction of sp³-hybridized carbons (Fsp3) is 0.714. The Morgan fingerprint density at radius 3 is 2.68 bits per heavy atom. The van der Waals surface area contributed by atoms with E-state index in [0.29, 0.717) is 10.3 Å². The minimum absolute atomic E-state index is 0.280. The maximum absolute atomic E-state index is 11.6. The van der Waals surface area contributed by atoms with E-state index in [0.717, 1.165) is 23.9 Å². The molecule has 1 aromatic heterocycles. The minimum Gasteiger partial charge on any atom is -0.465 e. The van der Waals surface area contributed by atoms with E-state index in [1.54, 1.807) is 0 Å². The average molecular weight is 282 g/mol. The van der Waals surface area contributed by atoms with Gasteiger partial charge in [-0.15, -0.1) is 0 Å². The van der Waals surface area contributed by atoms with Crippen molar-refractivity contribution in [2.75, 3.05) is 25.1 Å². The molecule has 0 unspecified atom stereocenters. The largest absolute Gasteiger partial charge is 0.465 e. The molecule has 1 aromatic rings. The summed E-state index contributed by atoms with van der Waals surface area (Å²) in [7, 11) is 1.41. The normalized spacial score (nSPS) is 17.8. The van der Waals surface area contributed by atoms with E-state index in [1.165, 1.54) is 37.7 Å². The summed E-state index contributed by atoms with van der Waals surface area (Å²) >= 11 is 1.45. The summed E-state index contributed by atoms with van der Waals surface area (Å²) in [5, 5.41) is 0.960. The summed E-state index contributed by atoms with van der Waals surface area (Å²) in [6, 6.07) is 0. The van der Waals surface area contributed by atoms with Gasteiger partial charge < -0.3 is 9.64 Å². The average Bonchev–Trinajstić information content (AvgIpc) is 3.02. The van der Waals surface area contributed by atoms with Crippen LogP contribution in [0.3, 0.4) is 0 Å². The second-order valence-electron chi connectivity index (χ2n) is 5.28. The lowest BCUT2D eigenvalue weighted by atomic mass is 9.82. The van der Waals surface area contributed by atoms with Gasteiger partial charge in [0.2, 0.25) is 0 Å². The van der Waals surface area contributed by atoms with Gasteiger partial charge in [-0.3, -0.25) is 0 Å². The number of esters is 1. The third-order valence-corrected chi connectivity index (χ3v) is 5.56. The number of ether oxygens (including phenoxy) is 1. The molecule has 19 heavy (non-hydrogen) atoms. The standard InChI is InChI=1S/C14H22N2O2S/c1-5-14(6-2)7-8-16(9-14)13-15-10(3)11(19-13)12(17)18-4/h5-9H2,1-4H3. The fourth-order valence-electron chi connectivity index (χ4n) is 2.73. The number of carbonyl (C=O) groups excluding carboxylic acids is 1. The van der Waals surface area contributed by atoms with Crippen LogP contribution in [0, 0.1) is 12.3 Å². The fourth-order valence-corrected chi connectivity index (χ4v) is 3.74. The Morgan fingerprint density at radius 1 is 1.47 bits per heavy atom. The molecule has 4 nitrogen and oxygen atoms in total. The van der Waals surface area contributed by atoms with Gasteiger partial charge in [0.1, 0.15) is 4.88 Å². The second-order valence-corrected chi connectivity index (χ2v) is 6.26. The molecule has 0 aromatic carbocycles. The van der Waals surface area contributed by atoms with Gasteiger partial charge in [0, 0.05) is 13.1 Å². The Bertz CT molecular complexity index is 466. The number of thiazole rings is 1. The number of hydrogen-bond acceptors (Lipinski definition) is 5. The summed E-state index contributed by atoms with van der Waals surface area (Å²) < 4.78 is 4.79. The quantitative estimate of drug-likeness (QED) is 0.795. The van der Waals surface area contributed by atoms with E-state index >= 15 is 0 Å². The van der Waals surface area contributed by atoms with Gasteiger partial charge >= 0.3 is 5.97 Å². The Hall–Kier alpha value is -1.10. The molecule has 5 heteroatoms. The smallest absolute Gasteiger partial charge is 0.350 e. The van der Waals surface area contributed by atoms with E-state index in [4.69, 9.17) is 4.74 Å². The number of methoxy groups -OCH3 is 1. The molecule has 0 radical (unpaired) electrons. The second kappa shape index (κ2) is 5.49. The van der Waals surface area contributed by atoms with Crippen molar-refractivity contribution >= 4 is 22.4 Å². The third-order valence-electron chi connectivity index (χ3n) is 4.36. The molecule has 1 aliphatic rings. The van der Waals surface area contributed by atoms with Gasteiger partial charge in [-0.1, -0.05) is 25.2 Å². The number of hydrogen-bond donors (Lipinski definition) is 0. The predicted octanol–water partition coefficient (Wildman–Crippen LogP) is 3.25. The zero-order chi connectivity index (χ0) is 14.0. The molecule has 2 rings (SSSR count). The Morgan fingerprint density at radius 2 is 2.16 bits per heavy atom. The van der Waals surface area contributed by atoms with Crippen LogP contribution < -0.4 is 4.90 Å². The van der Waals surface area contributed by atoms with Crippen LogP contribution in [-0.4, -0.2) is 31.2 Å². The molecule has 0 bridgehead atoms. The van der Waals surface area contributed by atoms with Gasteiger partial charge in [-0.25, -0.2) is 9.78 Å². The number of aromatic nitrogens is 1. The first-order valence-electron chi connectivity index (χ1n) is 6.86. The lowest BCUT2D eigenvalue weighted by Gasteiger charge is -2.26. The van der Waals surface area contributed by atoms with Gasteiger partial charge in [-0.05, 0) is 31.6 Å². The predicted molar refractivity (Wildman–Crippen MR) is 78.0 cm³/mol. The third kappa shape index (κ3) is 2.61. The van der Waals surface area contributed by atoms with Gasteiger partial charge in [0.15, 0.2) is 5.13 Å². The lowest BCUT2D eigenvalue weighted by Crippen LogP contribution is -2.25. The van der Waals surface area contributed by atoms with Crippen LogP contribution in [0.1, 0.15) is 48.5 Å². The first-order valence-corrected chi connectivity index (χ1v) is 7.67. The van der Waals surface area contributed by atoms with Crippen molar-refractivity contribution in [2.45, 2.75) is 40.0 Å². The molecule has 106 valence electrons. The maximum atomic E-state index is 11.6. The Labute approximate surface area is 118 Å². The molecule has 2 heterocycles. The van der Waals surface area contributed by atoms with Crippen molar-refractivity contribution in [3.8, 4) is 0 Å². The van der Waals surface area contributed by atoms with Crippen molar-refractivity contribution < 1.29 is 9.53 Å². The summed E-state index contributed by atoms with van der Waals surface area (Å²) in [5.41, 5.74) is 1.20. The number of rotatable bonds is 4. The van der Waals surface area contributed by atoms with Gasteiger partial charge in [0.25, 0.3) is 0 Å². The van der Waals surface area contributed by atoms with E-state index in [9.17, 15) is 4.79 Å². The number of nitrogens with zero attached hydrogens (tertiary/aromatic N) is 2. The molecule has 0 atom stereocenters. The highest BCUT2D eigenvalue weighted by molar-refractivity contribution is 7.17. The Balaban J connectivity index is 2.18. The van der Waals surface area contributed by atoms with Crippen molar-refractivity contribution in [2.24, 2.45) is 5.41 Å². The minimum atomic E-state index is -0.280. The highest BCUT2D eigenvalue weighted by Crippen LogP contribution is 2.40. The highest BCUT2D eigenvalue weighted by atomic mass is 32.1. The molecule has 0 saturated carbocycles. The van der Waals surface area contributed by atoms with E-state index in [-0.39, 0.29) is 5.97 Å². The van der Waals surface area contributed by atoms with E-state index < -0.39 is 0 Å². The van der Waals surface area contributed by atoms with E-state index in [2.05, 4.69) is 23.7 Å². The van der Waals surface area contributed by atoms with Crippen LogP contribution >= 0.6 is 11.3 Å². The molecule has 0 amide bonds. The summed E-state index contributed by atoms with van der Waals surface area (Å²) in [6.07, 6.45) is 3.62. The molecule has 1 aliphatic heterocycles. The van der Waals surface area contributed by atoms with Crippen LogP contribution in [0.15, 0.2) is 0 Å². The summed E-state index contributed by atoms with van der Waals surface area (Å²) in [6.45, 7) is 8.48. The molecule has 0 spiro atoms. The van der Waals surface area contributed by atoms with Gasteiger partial charge in [-0.2, -0.15) is 0 Å². The Kier molecular flexibility index (Phi) is 4.13. The monoisotopic (exact) mass is 282 g/mol. The maximum Gasteiger partial charge on any atom is 0.350 e. The molecular weight excluding hydrogens is 260 g/mol. The summed E-state index contributed by atoms with van der Waals surface area (Å²) in [5.74, 6) is -0.280. The number of carbonyl (C=O) groups is 1. The van der Waals surface area contributed by atoms with Crippen molar-refractivity contribution in [1.29, 1.82) is 0 Å². The first kappa shape index (κ1) is 14.3. The SMILES string of the molecule is CCC1(CC)CCN(c2nc(C)c(C(=O)OC)s2)C1.